The Labute approximate surface area is 194 Å². The molecule has 2 amide bonds. The highest BCUT2D eigenvalue weighted by molar-refractivity contribution is 6.36. The highest BCUT2D eigenvalue weighted by Crippen LogP contribution is 2.25. The van der Waals surface area contributed by atoms with E-state index in [0.717, 1.165) is 0 Å². The summed E-state index contributed by atoms with van der Waals surface area (Å²) in [6.45, 7) is 2.60. The van der Waals surface area contributed by atoms with E-state index in [9.17, 15) is 24.3 Å². The number of aliphatic carboxylic acids is 1. The van der Waals surface area contributed by atoms with Gasteiger partial charge < -0.3 is 20.7 Å². The standard InChI is InChI=1S/C20H25Cl2N3O7/c1-20(2,17(30)14(26)7-4-8-16(28)29)10-32-19(31)25-18(23)24-15(27)9-11-12(21)5-3-6-13(11)22/h3,5-6,17,30H,4,7-10H2,1-2H3,(H,28,29)(H3,23,24,25,27,31)/t17-/m0/s1. The Kier molecular flexibility index (Phi) is 10.6. The third-order valence-corrected chi connectivity index (χ3v) is 5.01. The van der Waals surface area contributed by atoms with Crippen LogP contribution >= 0.6 is 23.2 Å². The summed E-state index contributed by atoms with van der Waals surface area (Å²) in [7, 11) is 0. The van der Waals surface area contributed by atoms with Crippen molar-refractivity contribution in [2.24, 2.45) is 16.1 Å². The topological polar surface area (TPSA) is 168 Å². The van der Waals surface area contributed by atoms with E-state index in [-0.39, 0.29) is 32.3 Å². The molecule has 1 rings (SSSR count). The lowest BCUT2D eigenvalue weighted by atomic mass is 9.84. The van der Waals surface area contributed by atoms with Crippen molar-refractivity contribution in [2.45, 2.75) is 45.6 Å². The first kappa shape index (κ1) is 27.3. The van der Waals surface area contributed by atoms with Gasteiger partial charge in [0.15, 0.2) is 5.78 Å². The van der Waals surface area contributed by atoms with Gasteiger partial charge in [0.25, 0.3) is 0 Å². The first-order valence-electron chi connectivity index (χ1n) is 9.49. The summed E-state index contributed by atoms with van der Waals surface area (Å²) in [5, 5.41) is 21.6. The van der Waals surface area contributed by atoms with Crippen LogP contribution in [-0.4, -0.2) is 52.6 Å². The van der Waals surface area contributed by atoms with Gasteiger partial charge in [0, 0.05) is 28.3 Å². The van der Waals surface area contributed by atoms with Crippen molar-refractivity contribution in [3.63, 3.8) is 0 Å². The number of carboxylic acid groups (broad SMARTS) is 1. The number of hydrogen-bond donors (Lipinski definition) is 4. The molecule has 0 aliphatic carbocycles. The number of aliphatic hydroxyl groups excluding tert-OH is 1. The molecule has 5 N–H and O–H groups in total. The highest BCUT2D eigenvalue weighted by Gasteiger charge is 2.34. The normalized spacial score (nSPS) is 12.7. The number of carboxylic acids is 1. The minimum Gasteiger partial charge on any atom is -0.481 e. The molecule has 0 spiro atoms. The Morgan fingerprint density at radius 2 is 1.78 bits per heavy atom. The van der Waals surface area contributed by atoms with Crippen molar-refractivity contribution in [1.82, 2.24) is 5.32 Å². The Hall–Kier alpha value is -2.69. The van der Waals surface area contributed by atoms with Crippen molar-refractivity contribution in [3.8, 4) is 0 Å². The molecule has 0 aliphatic rings. The number of carbonyl (C=O) groups excluding carboxylic acids is 3. The van der Waals surface area contributed by atoms with Crippen LogP contribution in [0.5, 0.6) is 0 Å². The third kappa shape index (κ3) is 9.21. The Bertz CT molecular complexity index is 883. The molecule has 12 heteroatoms. The van der Waals surface area contributed by atoms with Crippen LogP contribution in [0.2, 0.25) is 10.0 Å². The van der Waals surface area contributed by atoms with E-state index in [1.54, 1.807) is 18.2 Å². The molecule has 0 fully saturated rings. The molecule has 1 aromatic rings. The van der Waals surface area contributed by atoms with E-state index in [1.807, 2.05) is 0 Å². The lowest BCUT2D eigenvalue weighted by Crippen LogP contribution is -2.41. The number of amides is 2. The number of carbonyl (C=O) groups is 4. The largest absolute Gasteiger partial charge is 0.481 e. The van der Waals surface area contributed by atoms with Crippen LogP contribution in [0.4, 0.5) is 4.79 Å². The number of halogens is 2. The molecule has 1 atom stereocenters. The number of aliphatic hydroxyl groups is 1. The minimum absolute atomic E-state index is 0.0844. The fourth-order valence-electron chi connectivity index (χ4n) is 2.52. The summed E-state index contributed by atoms with van der Waals surface area (Å²) >= 11 is 12.0. The molecule has 0 bridgehead atoms. The van der Waals surface area contributed by atoms with E-state index in [0.29, 0.717) is 15.6 Å². The lowest BCUT2D eigenvalue weighted by Gasteiger charge is -2.28. The molecule has 10 nitrogen and oxygen atoms in total. The summed E-state index contributed by atoms with van der Waals surface area (Å²) in [4.78, 5) is 49.9. The zero-order valence-electron chi connectivity index (χ0n) is 17.6. The minimum atomic E-state index is -1.48. The molecule has 0 unspecified atom stereocenters. The van der Waals surface area contributed by atoms with Gasteiger partial charge in [-0.2, -0.15) is 0 Å². The van der Waals surface area contributed by atoms with Crippen molar-refractivity contribution in [2.75, 3.05) is 6.61 Å². The molecule has 0 heterocycles. The summed E-state index contributed by atoms with van der Waals surface area (Å²) in [5.74, 6) is -2.75. The molecule has 0 radical (unpaired) electrons. The van der Waals surface area contributed by atoms with Crippen LogP contribution in [0.15, 0.2) is 23.2 Å². The van der Waals surface area contributed by atoms with E-state index >= 15 is 0 Å². The Morgan fingerprint density at radius 3 is 2.34 bits per heavy atom. The van der Waals surface area contributed by atoms with E-state index in [2.05, 4.69) is 10.3 Å². The van der Waals surface area contributed by atoms with Crippen LogP contribution in [0.25, 0.3) is 0 Å². The number of rotatable bonds is 10. The maximum Gasteiger partial charge on any atom is 0.436 e. The number of hydrogen-bond acceptors (Lipinski definition) is 6. The first-order chi connectivity index (χ1) is 14.8. The zero-order valence-corrected chi connectivity index (χ0v) is 19.1. The summed E-state index contributed by atoms with van der Waals surface area (Å²) in [6, 6.07) is 4.76. The maximum atomic E-state index is 12.1. The van der Waals surface area contributed by atoms with Crippen LogP contribution in [-0.2, 0) is 25.5 Å². The SMILES string of the molecule is CC(C)(COC(=O)N=C(N)NC(=O)Cc1c(Cl)cccc1Cl)[C@@H](O)C(=O)CCCC(=O)O. The predicted molar refractivity (Wildman–Crippen MR) is 118 cm³/mol. The van der Waals surface area contributed by atoms with Gasteiger partial charge in [-0.1, -0.05) is 43.1 Å². The number of benzene rings is 1. The van der Waals surface area contributed by atoms with Gasteiger partial charge in [-0.3, -0.25) is 19.7 Å². The number of ketones is 1. The van der Waals surface area contributed by atoms with E-state index in [1.165, 1.54) is 13.8 Å². The second-order valence-corrected chi connectivity index (χ2v) is 8.40. The average molecular weight is 490 g/mol. The monoisotopic (exact) mass is 489 g/mol. The Morgan fingerprint density at radius 1 is 1.19 bits per heavy atom. The van der Waals surface area contributed by atoms with Crippen molar-refractivity contribution in [3.05, 3.63) is 33.8 Å². The van der Waals surface area contributed by atoms with E-state index in [4.69, 9.17) is 38.8 Å². The first-order valence-corrected chi connectivity index (χ1v) is 10.3. The molecular weight excluding hydrogens is 465 g/mol. The second kappa shape index (κ2) is 12.4. The number of nitrogens with one attached hydrogen (secondary N) is 1. The highest BCUT2D eigenvalue weighted by atomic mass is 35.5. The van der Waals surface area contributed by atoms with E-state index < -0.39 is 41.2 Å². The average Bonchev–Trinajstić information content (AvgIpc) is 2.68. The van der Waals surface area contributed by atoms with Gasteiger partial charge in [0.1, 0.15) is 12.7 Å². The van der Waals surface area contributed by atoms with Crippen LogP contribution in [0.1, 0.15) is 38.7 Å². The number of ether oxygens (including phenoxy) is 1. The van der Waals surface area contributed by atoms with Crippen LogP contribution in [0, 0.1) is 5.41 Å². The molecular formula is C20H25Cl2N3O7. The van der Waals surface area contributed by atoms with Gasteiger partial charge in [-0.15, -0.1) is 4.99 Å². The number of aliphatic imine (C=N–C) groups is 1. The van der Waals surface area contributed by atoms with Crippen LogP contribution in [0.3, 0.4) is 0 Å². The quantitative estimate of drug-likeness (QED) is 0.286. The maximum absolute atomic E-state index is 12.1. The fraction of sp³-hybridized carbons (Fsp3) is 0.450. The molecule has 32 heavy (non-hydrogen) atoms. The second-order valence-electron chi connectivity index (χ2n) is 7.58. The predicted octanol–water partition coefficient (Wildman–Crippen LogP) is 2.31. The molecule has 0 saturated heterocycles. The van der Waals surface area contributed by atoms with Crippen molar-refractivity contribution < 1.29 is 34.1 Å². The van der Waals surface area contributed by atoms with Crippen molar-refractivity contribution in [1.29, 1.82) is 0 Å². The van der Waals surface area contributed by atoms with Gasteiger partial charge in [-0.05, 0) is 24.1 Å². The lowest BCUT2D eigenvalue weighted by molar-refractivity contribution is -0.138. The summed E-state index contributed by atoms with van der Waals surface area (Å²) < 4.78 is 4.92. The summed E-state index contributed by atoms with van der Waals surface area (Å²) in [5.41, 5.74) is 4.75. The molecule has 176 valence electrons. The van der Waals surface area contributed by atoms with Crippen molar-refractivity contribution >= 4 is 52.9 Å². The molecule has 0 aromatic heterocycles. The number of guanidine groups is 1. The molecule has 0 saturated carbocycles. The number of nitrogens with zero attached hydrogens (tertiary/aromatic N) is 1. The number of nitrogens with two attached hydrogens (primary N) is 1. The number of Topliss-reactive ketones (excluding diaryl/α,β-unsaturated/α-hetero) is 1. The summed E-state index contributed by atoms with van der Waals surface area (Å²) in [6.07, 6.45) is -3.07. The van der Waals surface area contributed by atoms with Gasteiger partial charge in [0.2, 0.25) is 11.9 Å². The third-order valence-electron chi connectivity index (χ3n) is 4.30. The Balaban J connectivity index is 2.57. The zero-order chi connectivity index (χ0) is 24.5. The van der Waals surface area contributed by atoms with Gasteiger partial charge in [0.05, 0.1) is 6.42 Å². The smallest absolute Gasteiger partial charge is 0.436 e. The molecule has 1 aromatic carbocycles. The fourth-order valence-corrected chi connectivity index (χ4v) is 3.05. The molecule has 0 aliphatic heterocycles. The van der Waals surface area contributed by atoms with Gasteiger partial charge >= 0.3 is 12.1 Å². The van der Waals surface area contributed by atoms with Gasteiger partial charge in [-0.25, -0.2) is 4.79 Å². The van der Waals surface area contributed by atoms with Crippen LogP contribution < -0.4 is 11.1 Å².